The normalized spacial score (nSPS) is 10.1. The first-order valence-corrected chi connectivity index (χ1v) is 4.86. The maximum atomic E-state index is 11.2. The third-order valence-electron chi connectivity index (χ3n) is 2.15. The topological polar surface area (TPSA) is 85.1 Å². The molecule has 0 aliphatic rings. The van der Waals surface area contributed by atoms with Crippen LogP contribution in [0.5, 0.6) is 0 Å². The number of rotatable bonds is 3. The smallest absolute Gasteiger partial charge is 0.341 e. The van der Waals surface area contributed by atoms with Gasteiger partial charge in [-0.05, 0) is 6.07 Å². The van der Waals surface area contributed by atoms with Gasteiger partial charge in [-0.2, -0.15) is 0 Å². The molecule has 0 aromatic carbocycles. The van der Waals surface area contributed by atoms with Gasteiger partial charge in [0.2, 0.25) is 0 Å². The number of carboxylic acids is 1. The lowest BCUT2D eigenvalue weighted by Gasteiger charge is -2.05. The van der Waals surface area contributed by atoms with E-state index in [0.29, 0.717) is 12.4 Å². The molecule has 0 aliphatic heterocycles. The first-order chi connectivity index (χ1) is 8.16. The summed E-state index contributed by atoms with van der Waals surface area (Å²) in [5.74, 6) is -0.689. The number of hydrogen-bond donors (Lipinski definition) is 1. The zero-order valence-corrected chi connectivity index (χ0v) is 8.78. The molecular formula is C11H9N3O3. The van der Waals surface area contributed by atoms with Crippen molar-refractivity contribution < 1.29 is 9.90 Å². The van der Waals surface area contributed by atoms with Crippen LogP contribution >= 0.6 is 0 Å². The molecule has 0 amide bonds. The monoisotopic (exact) mass is 231 g/mol. The molecule has 0 saturated heterocycles. The Labute approximate surface area is 96.2 Å². The SMILES string of the molecule is O=C(O)c1cn(Cc2ncccn2)ccc1=O. The second-order valence-corrected chi connectivity index (χ2v) is 3.37. The molecule has 0 saturated carbocycles. The third-order valence-corrected chi connectivity index (χ3v) is 2.15. The summed E-state index contributed by atoms with van der Waals surface area (Å²) in [7, 11) is 0. The van der Waals surface area contributed by atoms with Crippen LogP contribution in [0.15, 0.2) is 41.7 Å². The van der Waals surface area contributed by atoms with Gasteiger partial charge in [0, 0.05) is 30.9 Å². The van der Waals surface area contributed by atoms with Gasteiger partial charge in [-0.3, -0.25) is 4.79 Å². The average Bonchev–Trinajstić information content (AvgIpc) is 2.32. The number of aromatic nitrogens is 3. The van der Waals surface area contributed by atoms with Gasteiger partial charge in [0.1, 0.15) is 11.4 Å². The number of aromatic carboxylic acids is 1. The van der Waals surface area contributed by atoms with E-state index in [1.54, 1.807) is 23.0 Å². The zero-order valence-electron chi connectivity index (χ0n) is 8.78. The maximum Gasteiger partial charge on any atom is 0.341 e. The fourth-order valence-corrected chi connectivity index (χ4v) is 1.36. The van der Waals surface area contributed by atoms with E-state index in [2.05, 4.69) is 9.97 Å². The molecule has 0 atom stereocenters. The van der Waals surface area contributed by atoms with E-state index in [1.165, 1.54) is 18.5 Å². The van der Waals surface area contributed by atoms with Gasteiger partial charge in [0.25, 0.3) is 0 Å². The zero-order chi connectivity index (χ0) is 12.3. The summed E-state index contributed by atoms with van der Waals surface area (Å²) in [5, 5.41) is 8.81. The largest absolute Gasteiger partial charge is 0.477 e. The van der Waals surface area contributed by atoms with Crippen LogP contribution in [0.4, 0.5) is 0 Å². The Morgan fingerprint density at radius 2 is 2.06 bits per heavy atom. The highest BCUT2D eigenvalue weighted by Gasteiger charge is 2.08. The number of hydrogen-bond acceptors (Lipinski definition) is 4. The second kappa shape index (κ2) is 4.56. The molecule has 17 heavy (non-hydrogen) atoms. The van der Waals surface area contributed by atoms with Crippen LogP contribution in [-0.4, -0.2) is 25.6 Å². The molecule has 1 N–H and O–H groups in total. The van der Waals surface area contributed by atoms with Crippen molar-refractivity contribution in [3.63, 3.8) is 0 Å². The molecule has 0 bridgehead atoms. The molecule has 2 heterocycles. The molecule has 2 aromatic rings. The summed E-state index contributed by atoms with van der Waals surface area (Å²) in [4.78, 5) is 30.0. The van der Waals surface area contributed by atoms with Gasteiger partial charge < -0.3 is 9.67 Å². The van der Waals surface area contributed by atoms with E-state index in [-0.39, 0.29) is 5.56 Å². The minimum absolute atomic E-state index is 0.261. The Bertz CT molecular complexity index is 592. The Balaban J connectivity index is 2.32. The number of carbonyl (C=O) groups is 1. The maximum absolute atomic E-state index is 11.2. The molecule has 0 fully saturated rings. The molecule has 86 valence electrons. The molecule has 6 nitrogen and oxygen atoms in total. The van der Waals surface area contributed by atoms with Crippen LogP contribution in [0.2, 0.25) is 0 Å². The first-order valence-electron chi connectivity index (χ1n) is 4.86. The summed E-state index contributed by atoms with van der Waals surface area (Å²) >= 11 is 0. The summed E-state index contributed by atoms with van der Waals surface area (Å²) < 4.78 is 1.56. The predicted molar refractivity (Wildman–Crippen MR) is 58.8 cm³/mol. The predicted octanol–water partition coefficient (Wildman–Crippen LogP) is 0.385. The Morgan fingerprint density at radius 3 is 2.71 bits per heavy atom. The van der Waals surface area contributed by atoms with E-state index in [1.807, 2.05) is 0 Å². The molecule has 6 heteroatoms. The van der Waals surface area contributed by atoms with Crippen molar-refractivity contribution in [2.45, 2.75) is 6.54 Å². The lowest BCUT2D eigenvalue weighted by Crippen LogP contribution is -2.17. The number of carboxylic acid groups (broad SMARTS) is 1. The van der Waals surface area contributed by atoms with Crippen LogP contribution in [0, 0.1) is 0 Å². The molecule has 2 aromatic heterocycles. The standard InChI is InChI=1S/C11H9N3O3/c15-9-2-5-14(6-8(9)11(16)17)7-10-12-3-1-4-13-10/h1-6H,7H2,(H,16,17). The molecule has 0 spiro atoms. The van der Waals surface area contributed by atoms with Crippen LogP contribution in [-0.2, 0) is 6.54 Å². The highest BCUT2D eigenvalue weighted by Crippen LogP contribution is 1.97. The summed E-state index contributed by atoms with van der Waals surface area (Å²) in [5.41, 5.74) is -0.772. The number of nitrogens with zero attached hydrogens (tertiary/aromatic N) is 3. The van der Waals surface area contributed by atoms with E-state index >= 15 is 0 Å². The van der Waals surface area contributed by atoms with Crippen LogP contribution < -0.4 is 5.43 Å². The van der Waals surface area contributed by atoms with E-state index in [0.717, 1.165) is 0 Å². The lowest BCUT2D eigenvalue weighted by molar-refractivity contribution is 0.0694. The van der Waals surface area contributed by atoms with Crippen molar-refractivity contribution in [3.05, 3.63) is 58.5 Å². The van der Waals surface area contributed by atoms with Gasteiger partial charge >= 0.3 is 5.97 Å². The number of pyridine rings is 1. The fraction of sp³-hybridized carbons (Fsp3) is 0.0909. The van der Waals surface area contributed by atoms with Crippen molar-refractivity contribution in [3.8, 4) is 0 Å². The quantitative estimate of drug-likeness (QED) is 0.825. The van der Waals surface area contributed by atoms with Crippen molar-refractivity contribution >= 4 is 5.97 Å². The Hall–Kier alpha value is -2.50. The molecule has 2 rings (SSSR count). The lowest BCUT2D eigenvalue weighted by atomic mass is 10.3. The van der Waals surface area contributed by atoms with E-state index in [9.17, 15) is 9.59 Å². The van der Waals surface area contributed by atoms with Gasteiger partial charge in [0.15, 0.2) is 5.43 Å². The molecule has 0 unspecified atom stereocenters. The summed E-state index contributed by atoms with van der Waals surface area (Å²) in [6.07, 6.45) is 5.98. The highest BCUT2D eigenvalue weighted by molar-refractivity contribution is 5.86. The van der Waals surface area contributed by atoms with Crippen LogP contribution in [0.25, 0.3) is 0 Å². The Morgan fingerprint density at radius 1 is 1.35 bits per heavy atom. The highest BCUT2D eigenvalue weighted by atomic mass is 16.4. The first kappa shape index (κ1) is 11.0. The van der Waals surface area contributed by atoms with Gasteiger partial charge in [-0.25, -0.2) is 14.8 Å². The average molecular weight is 231 g/mol. The minimum atomic E-state index is -1.24. The van der Waals surface area contributed by atoms with Gasteiger partial charge in [-0.15, -0.1) is 0 Å². The fourth-order valence-electron chi connectivity index (χ4n) is 1.36. The van der Waals surface area contributed by atoms with E-state index in [4.69, 9.17) is 5.11 Å². The summed E-state index contributed by atoms with van der Waals surface area (Å²) in [6.45, 7) is 0.321. The molecular weight excluding hydrogens is 222 g/mol. The van der Waals surface area contributed by atoms with Crippen molar-refractivity contribution in [2.24, 2.45) is 0 Å². The van der Waals surface area contributed by atoms with E-state index < -0.39 is 11.4 Å². The molecule has 0 aliphatic carbocycles. The molecule has 0 radical (unpaired) electrons. The van der Waals surface area contributed by atoms with Gasteiger partial charge in [0.05, 0.1) is 6.54 Å². The van der Waals surface area contributed by atoms with Crippen molar-refractivity contribution in [1.29, 1.82) is 0 Å². The van der Waals surface area contributed by atoms with Crippen LogP contribution in [0.1, 0.15) is 16.2 Å². The Kier molecular flexibility index (Phi) is 2.95. The van der Waals surface area contributed by atoms with Crippen molar-refractivity contribution in [1.82, 2.24) is 14.5 Å². The third kappa shape index (κ3) is 2.54. The second-order valence-electron chi connectivity index (χ2n) is 3.37. The summed E-state index contributed by atoms with van der Waals surface area (Å²) in [6, 6.07) is 2.91. The van der Waals surface area contributed by atoms with Crippen molar-refractivity contribution in [2.75, 3.05) is 0 Å². The van der Waals surface area contributed by atoms with Gasteiger partial charge in [-0.1, -0.05) is 0 Å². The minimum Gasteiger partial charge on any atom is -0.477 e. The van der Waals surface area contributed by atoms with Crippen LogP contribution in [0.3, 0.4) is 0 Å².